The molecule has 1 heterocycles. The first-order valence-electron chi connectivity index (χ1n) is 6.72. The second-order valence-electron chi connectivity index (χ2n) is 5.01. The van der Waals surface area contributed by atoms with Crippen LogP contribution in [0.5, 0.6) is 0 Å². The normalized spacial score (nSPS) is 24.6. The van der Waals surface area contributed by atoms with E-state index in [0.717, 1.165) is 12.5 Å². The molecule has 0 amide bonds. The summed E-state index contributed by atoms with van der Waals surface area (Å²) in [5.74, 6) is 0.970. The van der Waals surface area contributed by atoms with E-state index in [0.29, 0.717) is 6.04 Å². The van der Waals surface area contributed by atoms with Crippen LogP contribution in [-0.4, -0.2) is 37.1 Å². The first-order chi connectivity index (χ1) is 7.26. The second kappa shape index (κ2) is 7.24. The molecule has 0 aromatic carbocycles. The molecule has 0 aliphatic carbocycles. The fourth-order valence-corrected chi connectivity index (χ4v) is 2.45. The topological polar surface area (TPSA) is 15.3 Å². The largest absolute Gasteiger partial charge is 0.313 e. The standard InChI is InChI=1S/C13H28N2/c1-4-6-12(3)14-8-10-15-9-7-13(5-2)11-15/h12-14H,4-11H2,1-3H3. The first-order valence-corrected chi connectivity index (χ1v) is 6.72. The molecule has 2 nitrogen and oxygen atoms in total. The number of likely N-dealkylation sites (tertiary alicyclic amines) is 1. The van der Waals surface area contributed by atoms with Gasteiger partial charge in [-0.05, 0) is 32.2 Å². The van der Waals surface area contributed by atoms with Crippen molar-refractivity contribution < 1.29 is 0 Å². The Morgan fingerprint density at radius 2 is 2.20 bits per heavy atom. The van der Waals surface area contributed by atoms with Crippen LogP contribution in [0.1, 0.15) is 46.5 Å². The zero-order valence-electron chi connectivity index (χ0n) is 10.8. The molecule has 0 spiro atoms. The van der Waals surface area contributed by atoms with E-state index in [1.165, 1.54) is 45.3 Å². The smallest absolute Gasteiger partial charge is 0.0107 e. The molecule has 0 radical (unpaired) electrons. The van der Waals surface area contributed by atoms with Gasteiger partial charge in [-0.15, -0.1) is 0 Å². The number of nitrogens with zero attached hydrogens (tertiary/aromatic N) is 1. The molecule has 90 valence electrons. The van der Waals surface area contributed by atoms with Gasteiger partial charge < -0.3 is 10.2 Å². The Kier molecular flexibility index (Phi) is 6.26. The molecule has 1 aliphatic heterocycles. The average Bonchev–Trinajstić information content (AvgIpc) is 2.66. The van der Waals surface area contributed by atoms with Crippen LogP contribution in [0.3, 0.4) is 0 Å². The number of hydrogen-bond acceptors (Lipinski definition) is 2. The summed E-state index contributed by atoms with van der Waals surface area (Å²) in [6.07, 6.45) is 5.37. The lowest BCUT2D eigenvalue weighted by molar-refractivity contribution is 0.313. The Labute approximate surface area is 95.4 Å². The van der Waals surface area contributed by atoms with Crippen LogP contribution in [0.25, 0.3) is 0 Å². The third kappa shape index (κ3) is 4.98. The minimum absolute atomic E-state index is 0.694. The minimum Gasteiger partial charge on any atom is -0.313 e. The maximum absolute atomic E-state index is 3.60. The van der Waals surface area contributed by atoms with Gasteiger partial charge in [0.1, 0.15) is 0 Å². The van der Waals surface area contributed by atoms with Crippen LogP contribution in [0.4, 0.5) is 0 Å². The molecule has 2 heteroatoms. The van der Waals surface area contributed by atoms with E-state index < -0.39 is 0 Å². The molecule has 0 saturated carbocycles. The van der Waals surface area contributed by atoms with E-state index in [1.807, 2.05) is 0 Å². The monoisotopic (exact) mass is 212 g/mol. The van der Waals surface area contributed by atoms with Gasteiger partial charge in [0.25, 0.3) is 0 Å². The van der Waals surface area contributed by atoms with Gasteiger partial charge in [0, 0.05) is 25.7 Å². The van der Waals surface area contributed by atoms with Gasteiger partial charge in [-0.25, -0.2) is 0 Å². The van der Waals surface area contributed by atoms with Gasteiger partial charge in [-0.2, -0.15) is 0 Å². The molecule has 2 atom stereocenters. The van der Waals surface area contributed by atoms with Gasteiger partial charge in [-0.3, -0.25) is 0 Å². The lowest BCUT2D eigenvalue weighted by Gasteiger charge is -2.18. The molecule has 2 unspecified atom stereocenters. The van der Waals surface area contributed by atoms with E-state index in [4.69, 9.17) is 0 Å². The Bertz CT molecular complexity index is 159. The molecule has 1 aliphatic rings. The number of nitrogens with one attached hydrogen (secondary N) is 1. The van der Waals surface area contributed by atoms with E-state index in [-0.39, 0.29) is 0 Å². The van der Waals surface area contributed by atoms with Crippen molar-refractivity contribution in [2.75, 3.05) is 26.2 Å². The zero-order valence-corrected chi connectivity index (χ0v) is 10.8. The Balaban J connectivity index is 2.01. The van der Waals surface area contributed by atoms with Crippen LogP contribution in [0.15, 0.2) is 0 Å². The SMILES string of the molecule is CCCC(C)NCCN1CCC(CC)C1. The van der Waals surface area contributed by atoms with Crippen molar-refractivity contribution in [2.24, 2.45) is 5.92 Å². The summed E-state index contributed by atoms with van der Waals surface area (Å²) in [5, 5.41) is 3.60. The number of hydrogen-bond donors (Lipinski definition) is 1. The fraction of sp³-hybridized carbons (Fsp3) is 1.00. The van der Waals surface area contributed by atoms with Crippen LogP contribution in [-0.2, 0) is 0 Å². The molecule has 1 fully saturated rings. The van der Waals surface area contributed by atoms with Crippen molar-refractivity contribution in [3.63, 3.8) is 0 Å². The molecule has 1 rings (SSSR count). The average molecular weight is 212 g/mol. The summed E-state index contributed by atoms with van der Waals surface area (Å²) in [4.78, 5) is 2.61. The maximum Gasteiger partial charge on any atom is 0.0107 e. The van der Waals surface area contributed by atoms with E-state index >= 15 is 0 Å². The van der Waals surface area contributed by atoms with Crippen LogP contribution in [0, 0.1) is 5.92 Å². The number of rotatable bonds is 7. The fourth-order valence-electron chi connectivity index (χ4n) is 2.45. The molecule has 15 heavy (non-hydrogen) atoms. The van der Waals surface area contributed by atoms with Crippen molar-refractivity contribution in [3.8, 4) is 0 Å². The van der Waals surface area contributed by atoms with Gasteiger partial charge in [0.15, 0.2) is 0 Å². The summed E-state index contributed by atoms with van der Waals surface area (Å²) in [6.45, 7) is 11.9. The van der Waals surface area contributed by atoms with E-state index in [2.05, 4.69) is 31.0 Å². The first kappa shape index (κ1) is 13.0. The minimum atomic E-state index is 0.694. The van der Waals surface area contributed by atoms with E-state index in [9.17, 15) is 0 Å². The van der Waals surface area contributed by atoms with Crippen molar-refractivity contribution >= 4 is 0 Å². The van der Waals surface area contributed by atoms with Gasteiger partial charge in [0.2, 0.25) is 0 Å². The molecule has 1 saturated heterocycles. The molecular formula is C13H28N2. The van der Waals surface area contributed by atoms with Gasteiger partial charge in [-0.1, -0.05) is 26.7 Å². The third-order valence-corrected chi connectivity index (χ3v) is 3.59. The summed E-state index contributed by atoms with van der Waals surface area (Å²) in [7, 11) is 0. The maximum atomic E-state index is 3.60. The molecular weight excluding hydrogens is 184 g/mol. The highest BCUT2D eigenvalue weighted by molar-refractivity contribution is 4.75. The summed E-state index contributed by atoms with van der Waals surface area (Å²) < 4.78 is 0. The highest BCUT2D eigenvalue weighted by atomic mass is 15.2. The Morgan fingerprint density at radius 1 is 1.40 bits per heavy atom. The Hall–Kier alpha value is -0.0800. The lowest BCUT2D eigenvalue weighted by Crippen LogP contribution is -2.35. The van der Waals surface area contributed by atoms with Crippen molar-refractivity contribution in [1.29, 1.82) is 0 Å². The Morgan fingerprint density at radius 3 is 2.80 bits per heavy atom. The van der Waals surface area contributed by atoms with Gasteiger partial charge >= 0.3 is 0 Å². The second-order valence-corrected chi connectivity index (χ2v) is 5.01. The summed E-state index contributed by atoms with van der Waals surface area (Å²) in [6, 6.07) is 0.694. The van der Waals surface area contributed by atoms with Crippen molar-refractivity contribution in [3.05, 3.63) is 0 Å². The molecule has 0 aromatic rings. The quantitative estimate of drug-likeness (QED) is 0.697. The third-order valence-electron chi connectivity index (χ3n) is 3.59. The predicted molar refractivity (Wildman–Crippen MR) is 67.2 cm³/mol. The van der Waals surface area contributed by atoms with Crippen LogP contribution < -0.4 is 5.32 Å². The summed E-state index contributed by atoms with van der Waals surface area (Å²) in [5.41, 5.74) is 0. The highest BCUT2D eigenvalue weighted by Gasteiger charge is 2.19. The van der Waals surface area contributed by atoms with Crippen LogP contribution in [0.2, 0.25) is 0 Å². The predicted octanol–water partition coefficient (Wildman–Crippen LogP) is 2.50. The van der Waals surface area contributed by atoms with Gasteiger partial charge in [0.05, 0.1) is 0 Å². The molecule has 0 aromatic heterocycles. The zero-order chi connectivity index (χ0) is 11.1. The summed E-state index contributed by atoms with van der Waals surface area (Å²) >= 11 is 0. The van der Waals surface area contributed by atoms with E-state index in [1.54, 1.807) is 0 Å². The van der Waals surface area contributed by atoms with Crippen molar-refractivity contribution in [2.45, 2.75) is 52.5 Å². The molecule has 1 N–H and O–H groups in total. The van der Waals surface area contributed by atoms with Crippen molar-refractivity contribution in [1.82, 2.24) is 10.2 Å². The van der Waals surface area contributed by atoms with Crippen LogP contribution >= 0.6 is 0 Å². The highest BCUT2D eigenvalue weighted by Crippen LogP contribution is 2.18. The molecule has 0 bridgehead atoms. The lowest BCUT2D eigenvalue weighted by atomic mass is 10.1.